The smallest absolute Gasteiger partial charge is 0.320 e. The molecule has 0 spiro atoms. The quantitative estimate of drug-likeness (QED) is 0.237. The monoisotopic (exact) mass is 575 g/mol. The van der Waals surface area contributed by atoms with E-state index in [2.05, 4.69) is 28.6 Å². The molecule has 1 atom stereocenters. The number of para-hydroxylation sites is 1. The highest BCUT2D eigenvalue weighted by atomic mass is 35.5. The van der Waals surface area contributed by atoms with Gasteiger partial charge in [0.25, 0.3) is 0 Å². The summed E-state index contributed by atoms with van der Waals surface area (Å²) in [7, 11) is 0. The number of halogens is 4. The molecule has 1 unspecified atom stereocenters. The predicted octanol–water partition coefficient (Wildman–Crippen LogP) is 6.03. The van der Waals surface area contributed by atoms with Crippen LogP contribution in [0.5, 0.6) is 0 Å². The Kier molecular flexibility index (Phi) is 9.58. The Hall–Kier alpha value is -3.30. The van der Waals surface area contributed by atoms with Crippen molar-refractivity contribution in [2.45, 2.75) is 56.5 Å². The van der Waals surface area contributed by atoms with Crippen LogP contribution in [0.15, 0.2) is 48.7 Å². The minimum absolute atomic E-state index is 0. The molecule has 6 nitrogen and oxygen atoms in total. The number of benzene rings is 2. The molecule has 1 amide bonds. The van der Waals surface area contributed by atoms with Gasteiger partial charge in [-0.1, -0.05) is 18.2 Å². The van der Waals surface area contributed by atoms with Gasteiger partial charge in [-0.05, 0) is 85.8 Å². The first kappa shape index (κ1) is 29.7. The Bertz CT molecular complexity index is 1360. The molecule has 10 heteroatoms. The van der Waals surface area contributed by atoms with E-state index >= 15 is 0 Å². The van der Waals surface area contributed by atoms with Crippen molar-refractivity contribution in [1.29, 1.82) is 0 Å². The first-order valence-corrected chi connectivity index (χ1v) is 13.5. The van der Waals surface area contributed by atoms with Crippen LogP contribution in [0.1, 0.15) is 55.6 Å². The van der Waals surface area contributed by atoms with Crippen molar-refractivity contribution in [3.05, 3.63) is 77.2 Å². The highest BCUT2D eigenvalue weighted by molar-refractivity contribution is 5.92. The van der Waals surface area contributed by atoms with Gasteiger partial charge in [0, 0.05) is 42.3 Å². The lowest BCUT2D eigenvalue weighted by Crippen LogP contribution is -2.52. The molecule has 40 heavy (non-hydrogen) atoms. The van der Waals surface area contributed by atoms with E-state index in [1.807, 2.05) is 12.1 Å². The minimum Gasteiger partial charge on any atom is -0.480 e. The third-order valence-corrected chi connectivity index (χ3v) is 8.22. The molecule has 1 aliphatic carbocycles. The summed E-state index contributed by atoms with van der Waals surface area (Å²) in [6, 6.07) is 9.38. The number of carboxylic acid groups (broad SMARTS) is 1. The van der Waals surface area contributed by atoms with Gasteiger partial charge >= 0.3 is 5.97 Å². The molecule has 2 aromatic carbocycles. The fourth-order valence-corrected chi connectivity index (χ4v) is 6.06. The summed E-state index contributed by atoms with van der Waals surface area (Å²) in [5.41, 5.74) is 2.51. The first-order chi connectivity index (χ1) is 18.8. The molecular weight excluding hydrogens is 543 g/mol. The fraction of sp³-hybridized carbons (Fsp3) is 0.400. The summed E-state index contributed by atoms with van der Waals surface area (Å²) >= 11 is 0. The van der Waals surface area contributed by atoms with E-state index in [0.717, 1.165) is 43.3 Å². The van der Waals surface area contributed by atoms with E-state index < -0.39 is 29.5 Å². The lowest BCUT2D eigenvalue weighted by atomic mass is 9.80. The molecule has 214 valence electrons. The maximum Gasteiger partial charge on any atom is 0.320 e. The number of rotatable bonds is 7. The number of hydrogen-bond donors (Lipinski definition) is 3. The Balaban J connectivity index is 0.00000370. The van der Waals surface area contributed by atoms with Gasteiger partial charge in [0.15, 0.2) is 17.5 Å². The van der Waals surface area contributed by atoms with Crippen LogP contribution < -0.4 is 5.32 Å². The standard InChI is InChI=1S/C30H32F3N3O3.ClH/c31-24-15-18(16-25(32)28(24)33)5-10-27(37)36-13-11-20(12-14-36)29(30(38)39)35-21-8-6-19(7-9-21)23-17-34-26-4-2-1-3-22(23)26;/h1-5,10,15-17,19-21,29,34-35H,6-9,11-14H2,(H,38,39);1H. The van der Waals surface area contributed by atoms with Crippen LogP contribution in [0.25, 0.3) is 17.0 Å². The number of likely N-dealkylation sites (tertiary alicyclic amines) is 1. The van der Waals surface area contributed by atoms with E-state index in [0.29, 0.717) is 31.8 Å². The number of carboxylic acids is 1. The molecule has 3 N–H and O–H groups in total. The van der Waals surface area contributed by atoms with Crippen LogP contribution >= 0.6 is 12.4 Å². The fourth-order valence-electron chi connectivity index (χ4n) is 6.06. The number of hydrogen-bond acceptors (Lipinski definition) is 3. The zero-order chi connectivity index (χ0) is 27.5. The minimum atomic E-state index is -1.55. The number of aromatic nitrogens is 1. The van der Waals surface area contributed by atoms with Crippen LogP contribution in [0, 0.1) is 23.4 Å². The molecule has 5 rings (SSSR count). The topological polar surface area (TPSA) is 85.4 Å². The van der Waals surface area contributed by atoms with E-state index in [1.54, 1.807) is 4.90 Å². The van der Waals surface area contributed by atoms with Gasteiger partial charge in [0.05, 0.1) is 0 Å². The van der Waals surface area contributed by atoms with Crippen molar-refractivity contribution in [3.8, 4) is 0 Å². The number of aromatic amines is 1. The summed E-state index contributed by atoms with van der Waals surface area (Å²) in [4.78, 5) is 29.7. The number of carbonyl (C=O) groups is 2. The maximum atomic E-state index is 13.4. The van der Waals surface area contributed by atoms with Crippen molar-refractivity contribution in [1.82, 2.24) is 15.2 Å². The number of amides is 1. The largest absolute Gasteiger partial charge is 0.480 e. The molecule has 1 saturated heterocycles. The van der Waals surface area contributed by atoms with Gasteiger partial charge in [-0.2, -0.15) is 0 Å². The van der Waals surface area contributed by atoms with Crippen molar-refractivity contribution < 1.29 is 27.9 Å². The number of aliphatic carboxylic acids is 1. The number of H-pyrrole nitrogens is 1. The zero-order valence-corrected chi connectivity index (χ0v) is 22.7. The second kappa shape index (κ2) is 12.9. The lowest BCUT2D eigenvalue weighted by Gasteiger charge is -2.37. The number of carbonyl (C=O) groups excluding carboxylic acids is 1. The third kappa shape index (κ3) is 6.53. The van der Waals surface area contributed by atoms with Gasteiger partial charge in [0.2, 0.25) is 5.91 Å². The van der Waals surface area contributed by atoms with E-state index in [4.69, 9.17) is 0 Å². The Morgan fingerprint density at radius 1 is 1.00 bits per heavy atom. The Morgan fingerprint density at radius 2 is 1.65 bits per heavy atom. The van der Waals surface area contributed by atoms with Gasteiger partial charge < -0.3 is 20.3 Å². The van der Waals surface area contributed by atoms with Crippen LogP contribution in [-0.4, -0.2) is 52.0 Å². The molecule has 0 bridgehead atoms. The van der Waals surface area contributed by atoms with Crippen molar-refractivity contribution >= 4 is 41.3 Å². The molecule has 3 aromatic rings. The van der Waals surface area contributed by atoms with Crippen LogP contribution in [0.2, 0.25) is 0 Å². The zero-order valence-electron chi connectivity index (χ0n) is 21.9. The van der Waals surface area contributed by atoms with Crippen molar-refractivity contribution in [2.24, 2.45) is 5.92 Å². The number of piperidine rings is 1. The van der Waals surface area contributed by atoms with Crippen molar-refractivity contribution in [2.75, 3.05) is 13.1 Å². The van der Waals surface area contributed by atoms with E-state index in [1.165, 1.54) is 23.1 Å². The number of nitrogens with one attached hydrogen (secondary N) is 2. The average Bonchev–Trinajstić information content (AvgIpc) is 3.38. The van der Waals surface area contributed by atoms with Gasteiger partial charge in [-0.25, -0.2) is 13.2 Å². The van der Waals surface area contributed by atoms with Crippen LogP contribution in [0.4, 0.5) is 13.2 Å². The second-order valence-electron chi connectivity index (χ2n) is 10.6. The third-order valence-electron chi connectivity index (χ3n) is 8.22. The molecular formula is C30H33ClF3N3O3. The molecule has 1 aliphatic heterocycles. The Morgan fingerprint density at radius 3 is 2.30 bits per heavy atom. The summed E-state index contributed by atoms with van der Waals surface area (Å²) in [5, 5.41) is 14.6. The normalized spacial score (nSPS) is 20.9. The SMILES string of the molecule is Cl.O=C(O)C(NC1CCC(c2c[nH]c3ccccc23)CC1)C1CCN(C(=O)C=Cc2cc(F)c(F)c(F)c2)CC1. The first-order valence-electron chi connectivity index (χ1n) is 13.5. The van der Waals surface area contributed by atoms with Crippen LogP contribution in [-0.2, 0) is 9.59 Å². The average molecular weight is 576 g/mol. The maximum absolute atomic E-state index is 13.4. The van der Waals surface area contributed by atoms with E-state index in [-0.39, 0.29) is 35.8 Å². The molecule has 2 heterocycles. The lowest BCUT2D eigenvalue weighted by molar-refractivity contribution is -0.142. The van der Waals surface area contributed by atoms with Gasteiger partial charge in [-0.3, -0.25) is 9.59 Å². The summed E-state index contributed by atoms with van der Waals surface area (Å²) < 4.78 is 40.0. The summed E-state index contributed by atoms with van der Waals surface area (Å²) in [6.45, 7) is 0.775. The van der Waals surface area contributed by atoms with Gasteiger partial charge in [0.1, 0.15) is 6.04 Å². The molecule has 2 aliphatic rings. The van der Waals surface area contributed by atoms with E-state index in [9.17, 15) is 27.9 Å². The van der Waals surface area contributed by atoms with Crippen LogP contribution in [0.3, 0.4) is 0 Å². The highest BCUT2D eigenvalue weighted by Crippen LogP contribution is 2.37. The molecule has 1 saturated carbocycles. The summed E-state index contributed by atoms with van der Waals surface area (Å²) in [6.07, 6.45) is 9.41. The Labute approximate surface area is 237 Å². The van der Waals surface area contributed by atoms with Gasteiger partial charge in [-0.15, -0.1) is 12.4 Å². The van der Waals surface area contributed by atoms with Crippen molar-refractivity contribution in [3.63, 3.8) is 0 Å². The predicted molar refractivity (Wildman–Crippen MR) is 150 cm³/mol. The molecule has 0 radical (unpaired) electrons. The summed E-state index contributed by atoms with van der Waals surface area (Å²) in [5.74, 6) is -5.06. The highest BCUT2D eigenvalue weighted by Gasteiger charge is 2.35. The second-order valence-corrected chi connectivity index (χ2v) is 10.6. The number of nitrogens with zero attached hydrogens (tertiary/aromatic N) is 1. The molecule has 2 fully saturated rings. The molecule has 1 aromatic heterocycles. The number of fused-ring (bicyclic) bond motifs is 1.